The molecular formula is C52H103O10PSi4. The second-order valence-electron chi connectivity index (χ2n) is 24.2. The SMILES string of the molecule is CCOP(=O)(CC(=O)O[C@H](C[C@@H](C)O[Si](C)(C)C(C)(C)C)C[C@@H](/C=C/C=C/C=C/C[C@@H](C[C@@H](C/C=C\C=C\CO)O[Si](C)(C)C(C)(C)C)O[Si](C)(C)C(C)(C)C)O[Si](C)(C)C(C)(C)C)OCC. The number of esters is 1. The first-order valence-electron chi connectivity index (χ1n) is 25.0. The van der Waals surface area contributed by atoms with Gasteiger partial charge in [-0.1, -0.05) is 144 Å². The second kappa shape index (κ2) is 28.3. The number of hydrogen-bond donors (Lipinski definition) is 1. The molecule has 0 saturated carbocycles. The lowest BCUT2D eigenvalue weighted by molar-refractivity contribution is -0.148. The number of aliphatic hydroxyl groups is 1. The highest BCUT2D eigenvalue weighted by molar-refractivity contribution is 7.54. The summed E-state index contributed by atoms with van der Waals surface area (Å²) in [6, 6.07) is 0. The fraction of sp³-hybridized carbons (Fsp3) is 0.788. The summed E-state index contributed by atoms with van der Waals surface area (Å²) in [7, 11) is -12.3. The number of carbonyl (C=O) groups is 1. The van der Waals surface area contributed by atoms with Gasteiger partial charge in [-0.25, -0.2) is 0 Å². The minimum Gasteiger partial charge on any atom is -0.462 e. The Morgan fingerprint density at radius 2 is 0.925 bits per heavy atom. The Hall–Kier alpha value is -1.01. The molecule has 0 aliphatic heterocycles. The van der Waals surface area contributed by atoms with Crippen LogP contribution >= 0.6 is 7.60 Å². The van der Waals surface area contributed by atoms with Gasteiger partial charge in [-0.3, -0.25) is 9.36 Å². The summed E-state index contributed by atoms with van der Waals surface area (Å²) in [5.41, 5.74) is 0. The molecule has 0 rings (SSSR count). The van der Waals surface area contributed by atoms with Gasteiger partial charge >= 0.3 is 13.6 Å². The van der Waals surface area contributed by atoms with Crippen molar-refractivity contribution < 1.29 is 46.0 Å². The lowest BCUT2D eigenvalue weighted by atomic mass is 10.1. The van der Waals surface area contributed by atoms with Gasteiger partial charge in [0.05, 0.1) is 38.1 Å². The van der Waals surface area contributed by atoms with Crippen LogP contribution in [0.5, 0.6) is 0 Å². The van der Waals surface area contributed by atoms with Crippen LogP contribution in [0.3, 0.4) is 0 Å². The number of ether oxygens (including phenoxy) is 1. The first-order chi connectivity index (χ1) is 30.3. The van der Waals surface area contributed by atoms with E-state index in [1.54, 1.807) is 19.9 Å². The molecule has 0 heterocycles. The van der Waals surface area contributed by atoms with Crippen LogP contribution in [0.25, 0.3) is 0 Å². The van der Waals surface area contributed by atoms with E-state index >= 15 is 0 Å². The summed E-state index contributed by atoms with van der Waals surface area (Å²) in [6.45, 7) is 50.9. The van der Waals surface area contributed by atoms with Crippen molar-refractivity contribution >= 4 is 46.8 Å². The zero-order valence-electron chi connectivity index (χ0n) is 47.1. The molecule has 0 amide bonds. The van der Waals surface area contributed by atoms with Crippen LogP contribution in [0.4, 0.5) is 0 Å². The molecule has 392 valence electrons. The third-order valence-corrected chi connectivity index (χ3v) is 34.2. The molecule has 67 heavy (non-hydrogen) atoms. The summed E-state index contributed by atoms with van der Waals surface area (Å²) >= 11 is 0. The molecule has 0 aliphatic rings. The molecule has 0 aromatic heterocycles. The molecular weight excluding hydrogens is 928 g/mol. The van der Waals surface area contributed by atoms with Gasteiger partial charge in [0, 0.05) is 18.9 Å². The number of carbonyl (C=O) groups excluding carboxylic acids is 1. The van der Waals surface area contributed by atoms with Gasteiger partial charge in [-0.05, 0) is 113 Å². The fourth-order valence-corrected chi connectivity index (χ4v) is 13.0. The zero-order valence-corrected chi connectivity index (χ0v) is 52.0. The topological polar surface area (TPSA) is 119 Å². The molecule has 0 bridgehead atoms. The number of rotatable bonds is 30. The van der Waals surface area contributed by atoms with Crippen molar-refractivity contribution in [2.24, 2.45) is 0 Å². The van der Waals surface area contributed by atoms with Gasteiger partial charge in [0.2, 0.25) is 0 Å². The third kappa shape index (κ3) is 25.3. The summed E-state index contributed by atoms with van der Waals surface area (Å²) in [5.74, 6) is -0.629. The summed E-state index contributed by atoms with van der Waals surface area (Å²) in [6.07, 6.45) is 21.6. The van der Waals surface area contributed by atoms with Crippen molar-refractivity contribution in [3.05, 3.63) is 60.8 Å². The molecule has 0 aromatic rings. The van der Waals surface area contributed by atoms with E-state index in [1.807, 2.05) is 37.3 Å². The predicted octanol–water partition coefficient (Wildman–Crippen LogP) is 15.5. The maximum Gasteiger partial charge on any atom is 0.341 e. The van der Waals surface area contributed by atoms with E-state index in [0.29, 0.717) is 12.8 Å². The Bertz CT molecular complexity index is 1630. The van der Waals surface area contributed by atoms with Gasteiger partial charge in [0.1, 0.15) is 12.3 Å². The average molecular weight is 1030 g/mol. The van der Waals surface area contributed by atoms with Crippen molar-refractivity contribution in [2.45, 2.75) is 239 Å². The molecule has 1 N–H and O–H groups in total. The fourth-order valence-electron chi connectivity index (χ4n) is 6.11. The van der Waals surface area contributed by atoms with Crippen LogP contribution in [-0.4, -0.2) is 101 Å². The normalized spacial score (nSPS) is 17.1. The van der Waals surface area contributed by atoms with E-state index in [9.17, 15) is 14.5 Å². The molecule has 0 unspecified atom stereocenters. The van der Waals surface area contributed by atoms with Crippen LogP contribution in [0.2, 0.25) is 72.5 Å². The summed E-state index contributed by atoms with van der Waals surface area (Å²) < 4.78 is 58.5. The first-order valence-corrected chi connectivity index (χ1v) is 38.4. The first kappa shape index (κ1) is 66.0. The minimum atomic E-state index is -3.67. The van der Waals surface area contributed by atoms with Gasteiger partial charge in [0.15, 0.2) is 33.3 Å². The lowest BCUT2D eigenvalue weighted by Crippen LogP contribution is -2.47. The molecule has 0 fully saturated rings. The highest BCUT2D eigenvalue weighted by Gasteiger charge is 2.43. The molecule has 15 heteroatoms. The summed E-state index contributed by atoms with van der Waals surface area (Å²) in [5, 5.41) is 9.29. The molecule has 0 aromatic carbocycles. The summed E-state index contributed by atoms with van der Waals surface area (Å²) in [4.78, 5) is 13.6. The highest BCUT2D eigenvalue weighted by Crippen LogP contribution is 2.48. The Morgan fingerprint density at radius 1 is 0.537 bits per heavy atom. The Balaban J connectivity index is 6.87. The van der Waals surface area contributed by atoms with Gasteiger partial charge in [-0.15, -0.1) is 0 Å². The van der Waals surface area contributed by atoms with Crippen molar-refractivity contribution in [1.82, 2.24) is 0 Å². The van der Waals surface area contributed by atoms with Crippen LogP contribution in [0.15, 0.2) is 60.8 Å². The average Bonchev–Trinajstić information content (AvgIpc) is 3.11. The standard InChI is InChI=1S/C52H103O10PSi4/c1-24-56-63(55,57-25-2)42-48(54)58-47(39-43(3)59-64(16,17)49(4,5)6)41-46(62-67(22,23)52(13,14)15)37-32-28-26-27-31-35-44(60-65(18,19)50(7,8)9)40-45(36-33-29-30-34-38-53)61-66(20,21)51(10,11)12/h26-34,37,43-47,53H,24-25,35-36,38-42H2,1-23H3/b28-26+,31-27+,33-29-,34-30+,37-32+/t43-,44+,45-,46-,47-/m1/s1. The smallest absolute Gasteiger partial charge is 0.341 e. The number of aliphatic hydroxyl groups excluding tert-OH is 1. The largest absolute Gasteiger partial charge is 0.462 e. The van der Waals surface area contributed by atoms with Gasteiger partial charge in [0.25, 0.3) is 0 Å². The maximum atomic E-state index is 13.6. The van der Waals surface area contributed by atoms with E-state index in [4.69, 9.17) is 31.5 Å². The maximum absolute atomic E-state index is 13.6. The van der Waals surface area contributed by atoms with E-state index in [2.05, 4.69) is 160 Å². The second-order valence-corrected chi connectivity index (χ2v) is 45.3. The number of allylic oxidation sites excluding steroid dienone is 6. The van der Waals surface area contributed by atoms with Crippen LogP contribution < -0.4 is 0 Å². The Labute approximate surface area is 416 Å². The van der Waals surface area contributed by atoms with Crippen molar-refractivity contribution in [3.8, 4) is 0 Å². The quantitative estimate of drug-likeness (QED) is 0.0322. The van der Waals surface area contributed by atoms with Crippen LogP contribution in [-0.2, 0) is 40.8 Å². The minimum absolute atomic E-state index is 0.00343. The molecule has 0 aliphatic carbocycles. The monoisotopic (exact) mass is 1030 g/mol. The van der Waals surface area contributed by atoms with Crippen molar-refractivity contribution in [3.63, 3.8) is 0 Å². The van der Waals surface area contributed by atoms with Gasteiger partial charge < -0.3 is 36.6 Å². The molecule has 5 atom stereocenters. The van der Waals surface area contributed by atoms with Crippen LogP contribution in [0, 0.1) is 0 Å². The molecule has 0 saturated heterocycles. The zero-order chi connectivity index (χ0) is 52.3. The van der Waals surface area contributed by atoms with Crippen molar-refractivity contribution in [2.75, 3.05) is 26.0 Å². The molecule has 10 nitrogen and oxygen atoms in total. The Kier molecular flexibility index (Phi) is 27.9. The van der Waals surface area contributed by atoms with E-state index < -0.39 is 59.1 Å². The van der Waals surface area contributed by atoms with Crippen molar-refractivity contribution in [1.29, 1.82) is 0 Å². The molecule has 0 spiro atoms. The lowest BCUT2D eigenvalue weighted by Gasteiger charge is -2.42. The van der Waals surface area contributed by atoms with Crippen LogP contribution in [0.1, 0.15) is 136 Å². The number of hydrogen-bond acceptors (Lipinski definition) is 10. The van der Waals surface area contributed by atoms with Gasteiger partial charge in [-0.2, -0.15) is 0 Å². The predicted molar refractivity (Wildman–Crippen MR) is 295 cm³/mol. The Morgan fingerprint density at radius 3 is 1.34 bits per heavy atom. The molecule has 0 radical (unpaired) electrons. The highest BCUT2D eigenvalue weighted by atomic mass is 31.2. The van der Waals surface area contributed by atoms with E-state index in [0.717, 1.165) is 19.3 Å². The third-order valence-electron chi connectivity index (χ3n) is 14.1. The van der Waals surface area contributed by atoms with E-state index in [-0.39, 0.29) is 64.4 Å². The van der Waals surface area contributed by atoms with E-state index in [1.165, 1.54) is 0 Å².